The number of anilines is 1. The highest BCUT2D eigenvalue weighted by Crippen LogP contribution is 2.62. The van der Waals surface area contributed by atoms with Crippen LogP contribution >= 0.6 is 11.6 Å². The zero-order valence-electron chi connectivity index (χ0n) is 11.5. The maximum Gasteiger partial charge on any atom is 0.251 e. The smallest absolute Gasteiger partial charge is 0.251 e. The third-order valence-electron chi connectivity index (χ3n) is 4.50. The van der Waals surface area contributed by atoms with Gasteiger partial charge in [0.2, 0.25) is 0 Å². The minimum absolute atomic E-state index is 0.0917. The van der Waals surface area contributed by atoms with E-state index in [1.54, 1.807) is 6.07 Å². The Kier molecular flexibility index (Phi) is 3.23. The topological polar surface area (TPSA) is 80.0 Å². The van der Waals surface area contributed by atoms with Gasteiger partial charge in [-0.3, -0.25) is 4.79 Å². The van der Waals surface area contributed by atoms with Crippen LogP contribution in [0.15, 0.2) is 12.1 Å². The third kappa shape index (κ3) is 2.28. The lowest BCUT2D eigenvalue weighted by Gasteiger charge is -2.08. The van der Waals surface area contributed by atoms with Gasteiger partial charge in [-0.25, -0.2) is 10.8 Å². The van der Waals surface area contributed by atoms with Crippen LogP contribution in [0.1, 0.15) is 38.1 Å². The highest BCUT2D eigenvalue weighted by Gasteiger charge is 2.65. The molecule has 104 valence electrons. The summed E-state index contributed by atoms with van der Waals surface area (Å²) in [7, 11) is 0. The fourth-order valence-electron chi connectivity index (χ4n) is 2.47. The van der Waals surface area contributed by atoms with Crippen molar-refractivity contribution in [3.8, 4) is 0 Å². The summed E-state index contributed by atoms with van der Waals surface area (Å²) in [6.45, 7) is 8.57. The average molecular weight is 283 g/mol. The Morgan fingerprint density at radius 2 is 1.89 bits per heavy atom. The number of halogens is 1. The molecule has 1 aromatic rings. The van der Waals surface area contributed by atoms with E-state index in [1.165, 1.54) is 6.07 Å². The van der Waals surface area contributed by atoms with Crippen LogP contribution in [0.4, 0.5) is 5.82 Å². The molecule has 1 heterocycles. The van der Waals surface area contributed by atoms with Crippen molar-refractivity contribution in [2.24, 2.45) is 16.7 Å². The summed E-state index contributed by atoms with van der Waals surface area (Å²) >= 11 is 5.85. The molecule has 0 spiro atoms. The average Bonchev–Trinajstić information content (AvgIpc) is 2.70. The zero-order chi connectivity index (χ0) is 14.4. The fourth-order valence-corrected chi connectivity index (χ4v) is 2.68. The van der Waals surface area contributed by atoms with E-state index in [0.717, 1.165) is 0 Å². The maximum atomic E-state index is 12.2. The van der Waals surface area contributed by atoms with E-state index in [4.69, 9.17) is 17.4 Å². The first-order valence-electron chi connectivity index (χ1n) is 6.15. The van der Waals surface area contributed by atoms with Gasteiger partial charge in [0.15, 0.2) is 0 Å². The summed E-state index contributed by atoms with van der Waals surface area (Å²) in [6.07, 6.45) is 0. The molecule has 0 atom stereocenters. The van der Waals surface area contributed by atoms with Gasteiger partial charge in [-0.1, -0.05) is 39.3 Å². The molecular weight excluding hydrogens is 264 g/mol. The molecule has 4 N–H and O–H groups in total. The summed E-state index contributed by atoms with van der Waals surface area (Å²) in [5.74, 6) is 5.49. The number of nitrogen functional groups attached to an aromatic ring is 1. The van der Waals surface area contributed by atoms with Gasteiger partial charge in [0.05, 0.1) is 0 Å². The number of hydrogen-bond acceptors (Lipinski definition) is 4. The second-order valence-electron chi connectivity index (χ2n) is 6.06. The number of nitrogens with one attached hydrogen (secondary N) is 2. The molecule has 1 amide bonds. The van der Waals surface area contributed by atoms with Crippen LogP contribution in [0.3, 0.4) is 0 Å². The Morgan fingerprint density at radius 1 is 1.32 bits per heavy atom. The van der Waals surface area contributed by atoms with Gasteiger partial charge in [0, 0.05) is 11.6 Å². The molecule has 1 fully saturated rings. The minimum Gasteiger partial charge on any atom is -0.348 e. The second-order valence-corrected chi connectivity index (χ2v) is 6.45. The molecule has 0 saturated heterocycles. The fraction of sp³-hybridized carbons (Fsp3) is 0.538. The van der Waals surface area contributed by atoms with Crippen LogP contribution in [-0.2, 0) is 0 Å². The first-order valence-corrected chi connectivity index (χ1v) is 6.53. The predicted octanol–water partition coefficient (Wildman–Crippen LogP) is 2.18. The van der Waals surface area contributed by atoms with Crippen molar-refractivity contribution in [1.82, 2.24) is 10.3 Å². The Hall–Kier alpha value is -1.33. The van der Waals surface area contributed by atoms with Crippen LogP contribution in [-0.4, -0.2) is 16.9 Å². The first kappa shape index (κ1) is 14.1. The standard InChI is InChI=1S/C13H19ClN4O/c1-12(2)11(13(12,3)4)17-10(19)7-5-8(14)16-9(6-7)18-15/h5-6,11H,15H2,1-4H3,(H,16,18)(H,17,19). The molecule has 1 aliphatic rings. The Morgan fingerprint density at radius 3 is 2.37 bits per heavy atom. The molecule has 6 heteroatoms. The Balaban J connectivity index is 2.16. The normalized spacial score (nSPS) is 19.9. The molecule has 19 heavy (non-hydrogen) atoms. The maximum absolute atomic E-state index is 12.2. The number of carbonyl (C=O) groups is 1. The lowest BCUT2D eigenvalue weighted by atomic mass is 10.0. The van der Waals surface area contributed by atoms with Gasteiger partial charge in [-0.2, -0.15) is 0 Å². The van der Waals surface area contributed by atoms with E-state index in [0.29, 0.717) is 11.4 Å². The minimum atomic E-state index is -0.163. The zero-order valence-corrected chi connectivity index (χ0v) is 12.3. The number of hydrazine groups is 1. The van der Waals surface area contributed by atoms with Crippen LogP contribution in [0.25, 0.3) is 0 Å². The molecule has 2 rings (SSSR count). The van der Waals surface area contributed by atoms with E-state index in [-0.39, 0.29) is 27.9 Å². The quantitative estimate of drug-likeness (QED) is 0.451. The molecule has 0 radical (unpaired) electrons. The van der Waals surface area contributed by atoms with E-state index in [9.17, 15) is 4.79 Å². The predicted molar refractivity (Wildman–Crippen MR) is 75.9 cm³/mol. The summed E-state index contributed by atoms with van der Waals surface area (Å²) < 4.78 is 0. The van der Waals surface area contributed by atoms with E-state index >= 15 is 0 Å². The van der Waals surface area contributed by atoms with Crippen molar-refractivity contribution in [3.63, 3.8) is 0 Å². The third-order valence-corrected chi connectivity index (χ3v) is 4.69. The summed E-state index contributed by atoms with van der Waals surface area (Å²) in [6, 6.07) is 3.25. The first-order chi connectivity index (χ1) is 8.70. The van der Waals surface area contributed by atoms with Crippen molar-refractivity contribution in [2.75, 3.05) is 5.43 Å². The summed E-state index contributed by atoms with van der Waals surface area (Å²) in [5, 5.41) is 3.27. The van der Waals surface area contributed by atoms with Crippen molar-refractivity contribution in [3.05, 3.63) is 22.8 Å². The lowest BCUT2D eigenvalue weighted by Crippen LogP contribution is -2.30. The van der Waals surface area contributed by atoms with Gasteiger partial charge in [0.25, 0.3) is 5.91 Å². The van der Waals surface area contributed by atoms with Crippen molar-refractivity contribution < 1.29 is 4.79 Å². The summed E-state index contributed by atoms with van der Waals surface area (Å²) in [4.78, 5) is 16.2. The number of pyridine rings is 1. The van der Waals surface area contributed by atoms with Crippen molar-refractivity contribution >= 4 is 23.3 Å². The van der Waals surface area contributed by atoms with Gasteiger partial charge in [-0.05, 0) is 23.0 Å². The molecule has 1 aliphatic carbocycles. The lowest BCUT2D eigenvalue weighted by molar-refractivity contribution is 0.0943. The van der Waals surface area contributed by atoms with Gasteiger partial charge in [0.1, 0.15) is 11.0 Å². The Bertz CT molecular complexity index is 513. The van der Waals surface area contributed by atoms with E-state index < -0.39 is 0 Å². The Labute approximate surface area is 117 Å². The van der Waals surface area contributed by atoms with E-state index in [2.05, 4.69) is 43.4 Å². The van der Waals surface area contributed by atoms with Gasteiger partial charge in [-0.15, -0.1) is 0 Å². The number of nitrogens with zero attached hydrogens (tertiary/aromatic N) is 1. The number of carbonyl (C=O) groups excluding carboxylic acids is 1. The van der Waals surface area contributed by atoms with Crippen molar-refractivity contribution in [1.29, 1.82) is 0 Å². The SMILES string of the molecule is CC1(C)C(NC(=O)c2cc(Cl)nc(NN)c2)C1(C)C. The number of rotatable bonds is 3. The van der Waals surface area contributed by atoms with Crippen LogP contribution in [0.2, 0.25) is 5.15 Å². The van der Waals surface area contributed by atoms with Crippen molar-refractivity contribution in [2.45, 2.75) is 33.7 Å². The number of hydrogen-bond donors (Lipinski definition) is 3. The highest BCUT2D eigenvalue weighted by atomic mass is 35.5. The number of aromatic nitrogens is 1. The van der Waals surface area contributed by atoms with Gasteiger partial charge >= 0.3 is 0 Å². The monoisotopic (exact) mass is 282 g/mol. The van der Waals surface area contributed by atoms with Crippen LogP contribution < -0.4 is 16.6 Å². The molecule has 1 saturated carbocycles. The molecule has 0 bridgehead atoms. The number of amides is 1. The molecule has 0 aliphatic heterocycles. The molecule has 1 aromatic heterocycles. The molecule has 5 nitrogen and oxygen atoms in total. The molecule has 0 unspecified atom stereocenters. The van der Waals surface area contributed by atoms with Crippen LogP contribution in [0.5, 0.6) is 0 Å². The summed E-state index contributed by atoms with van der Waals surface area (Å²) in [5.41, 5.74) is 3.02. The molecule has 0 aromatic carbocycles. The second kappa shape index (κ2) is 4.35. The van der Waals surface area contributed by atoms with Gasteiger partial charge < -0.3 is 10.7 Å². The van der Waals surface area contributed by atoms with E-state index in [1.807, 2.05) is 0 Å². The largest absolute Gasteiger partial charge is 0.348 e. The highest BCUT2D eigenvalue weighted by molar-refractivity contribution is 6.29. The van der Waals surface area contributed by atoms with Crippen LogP contribution in [0, 0.1) is 10.8 Å². The molecular formula is C13H19ClN4O. The number of nitrogens with two attached hydrogens (primary N) is 1.